The van der Waals surface area contributed by atoms with Crippen molar-refractivity contribution in [2.75, 3.05) is 20.2 Å². The van der Waals surface area contributed by atoms with Gasteiger partial charge < -0.3 is 14.1 Å². The Labute approximate surface area is 208 Å². The number of benzene rings is 3. The van der Waals surface area contributed by atoms with Gasteiger partial charge in [0.2, 0.25) is 0 Å². The molecule has 0 saturated carbocycles. The number of piperidine rings is 1. The predicted molar refractivity (Wildman–Crippen MR) is 137 cm³/mol. The van der Waals surface area contributed by atoms with E-state index in [0.717, 1.165) is 41.1 Å². The summed E-state index contributed by atoms with van der Waals surface area (Å²) >= 11 is 0. The Kier molecular flexibility index (Phi) is 5.73. The van der Waals surface area contributed by atoms with Crippen molar-refractivity contribution in [1.29, 1.82) is 0 Å². The average Bonchev–Trinajstić information content (AvgIpc) is 3.58. The lowest BCUT2D eigenvalue weighted by atomic mass is 9.96. The zero-order valence-electron chi connectivity index (χ0n) is 20.0. The van der Waals surface area contributed by atoms with Gasteiger partial charge in [0.15, 0.2) is 11.5 Å². The van der Waals surface area contributed by atoms with Crippen molar-refractivity contribution < 1.29 is 13.9 Å². The minimum atomic E-state index is -0.0332. The third kappa shape index (κ3) is 4.02. The number of rotatable bonds is 5. The molecular formula is C29H26N4O3. The molecule has 1 amide bonds. The maximum Gasteiger partial charge on any atom is 0.257 e. The van der Waals surface area contributed by atoms with Gasteiger partial charge in [-0.3, -0.25) is 4.79 Å². The quantitative estimate of drug-likeness (QED) is 0.324. The number of hydrogen-bond acceptors (Lipinski definition) is 5. The summed E-state index contributed by atoms with van der Waals surface area (Å²) in [6.45, 7) is 1.26. The summed E-state index contributed by atoms with van der Waals surface area (Å²) in [6.07, 6.45) is 3.43. The monoisotopic (exact) mass is 478 g/mol. The van der Waals surface area contributed by atoms with Crippen molar-refractivity contribution in [3.05, 3.63) is 96.5 Å². The number of methoxy groups -OCH3 is 1. The summed E-state index contributed by atoms with van der Waals surface area (Å²) in [6, 6.07) is 25.3. The number of carbonyl (C=O) groups excluding carboxylic acids is 1. The molecule has 3 aromatic carbocycles. The molecule has 0 spiro atoms. The van der Waals surface area contributed by atoms with E-state index in [0.29, 0.717) is 30.1 Å². The highest BCUT2D eigenvalue weighted by Gasteiger charge is 2.30. The van der Waals surface area contributed by atoms with Crippen molar-refractivity contribution in [1.82, 2.24) is 19.7 Å². The Bertz CT molecular complexity index is 1480. The molecule has 0 radical (unpaired) electrons. The van der Waals surface area contributed by atoms with E-state index in [1.165, 1.54) is 0 Å². The van der Waals surface area contributed by atoms with E-state index < -0.39 is 0 Å². The third-order valence-corrected chi connectivity index (χ3v) is 6.77. The van der Waals surface area contributed by atoms with Gasteiger partial charge in [0.25, 0.3) is 5.91 Å². The van der Waals surface area contributed by atoms with Crippen LogP contribution in [0.25, 0.3) is 28.0 Å². The lowest BCUT2D eigenvalue weighted by Gasteiger charge is -2.30. The first-order chi connectivity index (χ1) is 17.7. The number of likely N-dealkylation sites (tertiary alicyclic amines) is 1. The molecule has 1 fully saturated rings. The number of hydrogen-bond donors (Lipinski definition) is 0. The topological polar surface area (TPSA) is 73.4 Å². The largest absolute Gasteiger partial charge is 0.496 e. The van der Waals surface area contributed by atoms with Crippen LogP contribution in [0.4, 0.5) is 0 Å². The first-order valence-electron chi connectivity index (χ1n) is 12.1. The van der Waals surface area contributed by atoms with Crippen LogP contribution in [0.1, 0.15) is 35.0 Å². The second kappa shape index (κ2) is 9.34. The van der Waals surface area contributed by atoms with Crippen LogP contribution in [0.15, 0.2) is 89.5 Å². The van der Waals surface area contributed by atoms with Gasteiger partial charge in [-0.15, -0.1) is 0 Å². The molecule has 7 heteroatoms. The van der Waals surface area contributed by atoms with E-state index in [-0.39, 0.29) is 11.8 Å². The van der Waals surface area contributed by atoms with Gasteiger partial charge in [-0.05, 0) is 49.2 Å². The van der Waals surface area contributed by atoms with Gasteiger partial charge >= 0.3 is 0 Å². The fourth-order valence-corrected chi connectivity index (χ4v) is 4.85. The van der Waals surface area contributed by atoms with Crippen molar-refractivity contribution in [3.8, 4) is 22.7 Å². The highest BCUT2D eigenvalue weighted by atomic mass is 16.5. The summed E-state index contributed by atoms with van der Waals surface area (Å²) in [7, 11) is 1.63. The lowest BCUT2D eigenvalue weighted by Crippen LogP contribution is -2.38. The number of amides is 1. The molecule has 0 bridgehead atoms. The zero-order chi connectivity index (χ0) is 24.5. The molecule has 0 aliphatic carbocycles. The van der Waals surface area contributed by atoms with Crippen LogP contribution in [0.3, 0.4) is 0 Å². The molecule has 0 N–H and O–H groups in total. The van der Waals surface area contributed by atoms with Crippen molar-refractivity contribution in [2.45, 2.75) is 18.8 Å². The molecule has 180 valence electrons. The van der Waals surface area contributed by atoms with Crippen LogP contribution in [0, 0.1) is 0 Å². The Morgan fingerprint density at radius 1 is 0.944 bits per heavy atom. The highest BCUT2D eigenvalue weighted by molar-refractivity contribution is 6.00. The minimum Gasteiger partial charge on any atom is -0.496 e. The number of nitrogens with zero attached hydrogens (tertiary/aromatic N) is 4. The van der Waals surface area contributed by atoms with Crippen molar-refractivity contribution in [3.63, 3.8) is 0 Å². The van der Waals surface area contributed by atoms with Gasteiger partial charge in [-0.2, -0.15) is 5.10 Å². The molecular weight excluding hydrogens is 452 g/mol. The second-order valence-corrected chi connectivity index (χ2v) is 8.96. The van der Waals surface area contributed by atoms with Crippen LogP contribution in [0.2, 0.25) is 0 Å². The number of oxazole rings is 1. The second-order valence-electron chi connectivity index (χ2n) is 8.96. The van der Waals surface area contributed by atoms with Gasteiger partial charge in [0.1, 0.15) is 17.0 Å². The normalized spacial score (nSPS) is 14.3. The van der Waals surface area contributed by atoms with Gasteiger partial charge in [0.05, 0.1) is 18.4 Å². The molecule has 1 saturated heterocycles. The number of ether oxygens (including phenoxy) is 1. The molecule has 36 heavy (non-hydrogen) atoms. The SMILES string of the molecule is COc1ccccc1-c1nn(-c2ccccc2)cc1C(=O)N1CCC(c2nc3ccccc3o2)CC1. The lowest BCUT2D eigenvalue weighted by molar-refractivity contribution is 0.0707. The first-order valence-corrected chi connectivity index (χ1v) is 12.1. The Balaban J connectivity index is 1.29. The summed E-state index contributed by atoms with van der Waals surface area (Å²) in [5, 5.41) is 4.83. The van der Waals surface area contributed by atoms with E-state index in [9.17, 15) is 4.79 Å². The molecule has 7 nitrogen and oxygen atoms in total. The molecule has 5 aromatic rings. The predicted octanol–water partition coefficient (Wildman–Crippen LogP) is 5.71. The molecule has 0 unspecified atom stereocenters. The fourth-order valence-electron chi connectivity index (χ4n) is 4.85. The fraction of sp³-hybridized carbons (Fsp3) is 0.207. The zero-order valence-corrected chi connectivity index (χ0v) is 20.0. The van der Waals surface area contributed by atoms with E-state index in [4.69, 9.17) is 14.3 Å². The summed E-state index contributed by atoms with van der Waals surface area (Å²) in [5.41, 5.74) is 4.54. The third-order valence-electron chi connectivity index (χ3n) is 6.77. The van der Waals surface area contributed by atoms with Crippen LogP contribution < -0.4 is 4.74 Å². The maximum absolute atomic E-state index is 13.8. The summed E-state index contributed by atoms with van der Waals surface area (Å²) < 4.78 is 13.4. The number of fused-ring (bicyclic) bond motifs is 1. The number of aromatic nitrogens is 3. The standard InChI is InChI=1S/C29H26N4O3/c1-35-25-13-7-5-11-22(25)27-23(19-33(31-27)21-9-3-2-4-10-21)29(34)32-17-15-20(16-18-32)28-30-24-12-6-8-14-26(24)36-28/h2-14,19-20H,15-18H2,1H3. The number of carbonyl (C=O) groups is 1. The molecule has 1 aliphatic heterocycles. The van der Waals surface area contributed by atoms with Crippen LogP contribution in [0.5, 0.6) is 5.75 Å². The van der Waals surface area contributed by atoms with Gasteiger partial charge in [-0.1, -0.05) is 42.5 Å². The van der Waals surface area contributed by atoms with Crippen molar-refractivity contribution >= 4 is 17.0 Å². The Morgan fingerprint density at radius 2 is 1.67 bits per heavy atom. The molecule has 3 heterocycles. The van der Waals surface area contributed by atoms with E-state index in [1.54, 1.807) is 11.8 Å². The molecule has 6 rings (SSSR count). The van der Waals surface area contributed by atoms with Gasteiger partial charge in [-0.25, -0.2) is 9.67 Å². The first kappa shape index (κ1) is 22.1. The van der Waals surface area contributed by atoms with Gasteiger partial charge in [0, 0.05) is 30.8 Å². The van der Waals surface area contributed by atoms with E-state index in [1.807, 2.05) is 90.0 Å². The highest BCUT2D eigenvalue weighted by Crippen LogP contribution is 2.34. The molecule has 1 aliphatic rings. The van der Waals surface area contributed by atoms with Crippen LogP contribution >= 0.6 is 0 Å². The minimum absolute atomic E-state index is 0.0332. The molecule has 0 atom stereocenters. The maximum atomic E-state index is 13.8. The molecule has 2 aromatic heterocycles. The van der Waals surface area contributed by atoms with Crippen LogP contribution in [-0.2, 0) is 0 Å². The van der Waals surface area contributed by atoms with E-state index >= 15 is 0 Å². The number of para-hydroxylation sites is 4. The average molecular weight is 479 g/mol. The Hall–Kier alpha value is -4.39. The van der Waals surface area contributed by atoms with Crippen LogP contribution in [-0.4, -0.2) is 45.8 Å². The Morgan fingerprint density at radius 3 is 2.44 bits per heavy atom. The van der Waals surface area contributed by atoms with Crippen molar-refractivity contribution in [2.24, 2.45) is 0 Å². The van der Waals surface area contributed by atoms with E-state index in [2.05, 4.69) is 4.98 Å². The summed E-state index contributed by atoms with van der Waals surface area (Å²) in [4.78, 5) is 20.4. The smallest absolute Gasteiger partial charge is 0.257 e. The summed E-state index contributed by atoms with van der Waals surface area (Å²) in [5.74, 6) is 1.60.